The molecular weight excluding hydrogens is 224 g/mol. The molecule has 0 aliphatic rings. The fourth-order valence-corrected chi connectivity index (χ4v) is 1.80. The maximum absolute atomic E-state index is 10.9. The Bertz CT molecular complexity index is 559. The van der Waals surface area contributed by atoms with Crippen molar-refractivity contribution < 1.29 is 9.53 Å². The van der Waals surface area contributed by atoms with Gasteiger partial charge in [0.15, 0.2) is 0 Å². The smallest absolute Gasteiger partial charge is 0.150 e. The maximum Gasteiger partial charge on any atom is 0.150 e. The van der Waals surface area contributed by atoms with Crippen molar-refractivity contribution in [3.63, 3.8) is 0 Å². The molecule has 2 aromatic rings. The van der Waals surface area contributed by atoms with Crippen molar-refractivity contribution in [2.24, 2.45) is 0 Å². The van der Waals surface area contributed by atoms with Crippen LogP contribution in [0.5, 0.6) is 5.75 Å². The van der Waals surface area contributed by atoms with Crippen LogP contribution < -0.4 is 4.74 Å². The normalized spacial score (nSPS) is 10.1. The fourth-order valence-electron chi connectivity index (χ4n) is 1.80. The lowest BCUT2D eigenvalue weighted by molar-refractivity contribution is 0.112. The van der Waals surface area contributed by atoms with Crippen molar-refractivity contribution >= 4 is 6.29 Å². The summed E-state index contributed by atoms with van der Waals surface area (Å²) in [5, 5.41) is 0. The number of rotatable bonds is 4. The highest BCUT2D eigenvalue weighted by Crippen LogP contribution is 2.20. The third-order valence-corrected chi connectivity index (χ3v) is 2.91. The molecule has 0 heterocycles. The average Bonchev–Trinajstić information content (AvgIpc) is 2.40. The number of carbonyl (C=O) groups excluding carboxylic acids is 1. The summed E-state index contributed by atoms with van der Waals surface area (Å²) in [5.41, 5.74) is 3.86. The lowest BCUT2D eigenvalue weighted by Gasteiger charge is -2.11. The summed E-state index contributed by atoms with van der Waals surface area (Å²) in [4.78, 5) is 10.9. The van der Waals surface area contributed by atoms with Crippen LogP contribution >= 0.6 is 0 Å². The van der Waals surface area contributed by atoms with Crippen LogP contribution in [-0.2, 0) is 6.61 Å². The largest absolute Gasteiger partial charge is 0.489 e. The molecule has 0 saturated heterocycles. The van der Waals surface area contributed by atoms with E-state index in [1.54, 1.807) is 6.07 Å². The predicted octanol–water partition coefficient (Wildman–Crippen LogP) is 3.69. The van der Waals surface area contributed by atoms with E-state index in [0.717, 1.165) is 23.2 Å². The average molecular weight is 240 g/mol. The summed E-state index contributed by atoms with van der Waals surface area (Å²) >= 11 is 0. The van der Waals surface area contributed by atoms with Crippen LogP contribution in [0.1, 0.15) is 27.0 Å². The monoisotopic (exact) mass is 240 g/mol. The van der Waals surface area contributed by atoms with Crippen molar-refractivity contribution in [3.05, 3.63) is 64.7 Å². The van der Waals surface area contributed by atoms with Crippen LogP contribution in [-0.4, -0.2) is 6.29 Å². The molecule has 18 heavy (non-hydrogen) atoms. The number of aldehydes is 1. The third kappa shape index (κ3) is 2.77. The molecule has 0 atom stereocenters. The highest BCUT2D eigenvalue weighted by Gasteiger charge is 2.03. The molecule has 0 unspecified atom stereocenters. The Kier molecular flexibility index (Phi) is 3.78. The van der Waals surface area contributed by atoms with E-state index in [1.807, 2.05) is 44.2 Å². The van der Waals surface area contributed by atoms with Crippen molar-refractivity contribution in [3.8, 4) is 5.75 Å². The first-order valence-corrected chi connectivity index (χ1v) is 5.94. The molecule has 0 fully saturated rings. The highest BCUT2D eigenvalue weighted by molar-refractivity contribution is 5.77. The summed E-state index contributed by atoms with van der Waals surface area (Å²) in [6, 6.07) is 13.6. The second-order valence-corrected chi connectivity index (χ2v) is 4.37. The van der Waals surface area contributed by atoms with E-state index in [-0.39, 0.29) is 0 Å². The molecular formula is C16H16O2. The van der Waals surface area contributed by atoms with Crippen molar-refractivity contribution in [2.45, 2.75) is 20.5 Å². The summed E-state index contributed by atoms with van der Waals surface area (Å²) in [6.07, 6.45) is 0.863. The number of benzene rings is 2. The van der Waals surface area contributed by atoms with Gasteiger partial charge in [-0.05, 0) is 36.6 Å². The lowest BCUT2D eigenvalue weighted by atomic mass is 10.1. The highest BCUT2D eigenvalue weighted by atomic mass is 16.5. The standard InChI is InChI=1S/C16H16O2/c1-12-7-8-13(2)16(9-12)18-11-15-6-4-3-5-14(15)10-17/h3-10H,11H2,1-2H3. The quantitative estimate of drug-likeness (QED) is 0.762. The van der Waals surface area contributed by atoms with Gasteiger partial charge in [-0.3, -0.25) is 4.79 Å². The van der Waals surface area contributed by atoms with E-state index < -0.39 is 0 Å². The number of ether oxygens (including phenoxy) is 1. The Morgan fingerprint density at radius 2 is 1.89 bits per heavy atom. The van der Waals surface area contributed by atoms with E-state index in [0.29, 0.717) is 12.2 Å². The van der Waals surface area contributed by atoms with Crippen LogP contribution in [0.2, 0.25) is 0 Å². The Hall–Kier alpha value is -2.09. The minimum atomic E-state index is 0.416. The number of hydrogen-bond donors (Lipinski definition) is 0. The summed E-state index contributed by atoms with van der Waals surface area (Å²) in [7, 11) is 0. The van der Waals surface area contributed by atoms with E-state index in [2.05, 4.69) is 6.07 Å². The third-order valence-electron chi connectivity index (χ3n) is 2.91. The van der Waals surface area contributed by atoms with Gasteiger partial charge in [0.25, 0.3) is 0 Å². The second-order valence-electron chi connectivity index (χ2n) is 4.37. The molecule has 0 aromatic heterocycles. The SMILES string of the molecule is Cc1ccc(C)c(OCc2ccccc2C=O)c1. The Morgan fingerprint density at radius 3 is 2.67 bits per heavy atom. The first-order valence-electron chi connectivity index (χ1n) is 5.94. The lowest BCUT2D eigenvalue weighted by Crippen LogP contribution is -2.00. The first kappa shape index (κ1) is 12.4. The Morgan fingerprint density at radius 1 is 1.11 bits per heavy atom. The van der Waals surface area contributed by atoms with Gasteiger partial charge in [0.1, 0.15) is 18.6 Å². The summed E-state index contributed by atoms with van der Waals surface area (Å²) in [6.45, 7) is 4.46. The van der Waals surface area contributed by atoms with Gasteiger partial charge in [-0.1, -0.05) is 36.4 Å². The van der Waals surface area contributed by atoms with Gasteiger partial charge in [0.05, 0.1) is 0 Å². The van der Waals surface area contributed by atoms with Gasteiger partial charge < -0.3 is 4.74 Å². The fraction of sp³-hybridized carbons (Fsp3) is 0.188. The maximum atomic E-state index is 10.9. The molecule has 0 bridgehead atoms. The zero-order chi connectivity index (χ0) is 13.0. The van der Waals surface area contributed by atoms with E-state index in [4.69, 9.17) is 4.74 Å². The number of aryl methyl sites for hydroxylation is 2. The van der Waals surface area contributed by atoms with Crippen molar-refractivity contribution in [1.29, 1.82) is 0 Å². The molecule has 0 aliphatic heterocycles. The molecule has 2 heteroatoms. The zero-order valence-corrected chi connectivity index (χ0v) is 10.6. The van der Waals surface area contributed by atoms with Gasteiger partial charge in [-0.15, -0.1) is 0 Å². The molecule has 92 valence electrons. The van der Waals surface area contributed by atoms with Crippen LogP contribution in [0.25, 0.3) is 0 Å². The Labute approximate surface area is 107 Å². The molecule has 0 spiro atoms. The van der Waals surface area contributed by atoms with Crippen LogP contribution in [0.15, 0.2) is 42.5 Å². The number of carbonyl (C=O) groups is 1. The van der Waals surface area contributed by atoms with E-state index in [1.165, 1.54) is 5.56 Å². The van der Waals surface area contributed by atoms with Gasteiger partial charge >= 0.3 is 0 Å². The molecule has 0 amide bonds. The molecule has 2 nitrogen and oxygen atoms in total. The molecule has 0 radical (unpaired) electrons. The molecule has 2 aromatic carbocycles. The van der Waals surface area contributed by atoms with E-state index >= 15 is 0 Å². The van der Waals surface area contributed by atoms with Crippen LogP contribution in [0, 0.1) is 13.8 Å². The summed E-state index contributed by atoms with van der Waals surface area (Å²) < 4.78 is 5.79. The second kappa shape index (κ2) is 5.50. The van der Waals surface area contributed by atoms with Crippen molar-refractivity contribution in [2.75, 3.05) is 0 Å². The van der Waals surface area contributed by atoms with Crippen LogP contribution in [0.3, 0.4) is 0 Å². The van der Waals surface area contributed by atoms with Gasteiger partial charge in [-0.25, -0.2) is 0 Å². The van der Waals surface area contributed by atoms with Gasteiger partial charge in [-0.2, -0.15) is 0 Å². The first-order chi connectivity index (χ1) is 8.70. The molecule has 0 aliphatic carbocycles. The Balaban J connectivity index is 2.16. The van der Waals surface area contributed by atoms with Gasteiger partial charge in [0, 0.05) is 5.56 Å². The molecule has 0 N–H and O–H groups in total. The minimum Gasteiger partial charge on any atom is -0.489 e. The minimum absolute atomic E-state index is 0.416. The molecule has 2 rings (SSSR count). The van der Waals surface area contributed by atoms with E-state index in [9.17, 15) is 4.79 Å². The van der Waals surface area contributed by atoms with Gasteiger partial charge in [0.2, 0.25) is 0 Å². The topological polar surface area (TPSA) is 26.3 Å². The van der Waals surface area contributed by atoms with Crippen molar-refractivity contribution in [1.82, 2.24) is 0 Å². The zero-order valence-electron chi connectivity index (χ0n) is 10.6. The predicted molar refractivity (Wildman–Crippen MR) is 72.1 cm³/mol. The summed E-state index contributed by atoms with van der Waals surface area (Å²) in [5.74, 6) is 0.871. The number of hydrogen-bond acceptors (Lipinski definition) is 2. The van der Waals surface area contributed by atoms with Crippen LogP contribution in [0.4, 0.5) is 0 Å². The molecule has 0 saturated carbocycles.